The summed E-state index contributed by atoms with van der Waals surface area (Å²) in [5, 5.41) is 0. The van der Waals surface area contributed by atoms with Gasteiger partial charge in [-0.05, 0) is 93.9 Å². The smallest absolute Gasteiger partial charge is 0.453 e. The Balaban J connectivity index is 0.000000208. The lowest BCUT2D eigenvalue weighted by Crippen LogP contribution is -2.41. The van der Waals surface area contributed by atoms with Gasteiger partial charge in [0.1, 0.15) is 0 Å². The molecule has 2 aromatic rings. The van der Waals surface area contributed by atoms with Crippen molar-refractivity contribution >= 4 is 40.7 Å². The Hall–Kier alpha value is -2.56. The highest BCUT2D eigenvalue weighted by Crippen LogP contribution is 2.37. The molecule has 5 rings (SSSR count). The Labute approximate surface area is 259 Å². The fourth-order valence-corrected chi connectivity index (χ4v) is 5.95. The Morgan fingerprint density at radius 3 is 1.43 bits per heavy atom. The number of ether oxygens (including phenoxy) is 2. The lowest BCUT2D eigenvalue weighted by atomic mass is 9.77. The van der Waals surface area contributed by atoms with E-state index in [0.717, 1.165) is 61.8 Å². The number of amides is 2. The molecule has 42 heavy (non-hydrogen) atoms. The molecular formula is C32H44BBrN2O6. The third-order valence-corrected chi connectivity index (χ3v) is 9.66. The minimum atomic E-state index is -0.322. The van der Waals surface area contributed by atoms with Crippen LogP contribution in [0, 0.1) is 0 Å². The van der Waals surface area contributed by atoms with Crippen LogP contribution in [0.1, 0.15) is 76.3 Å². The van der Waals surface area contributed by atoms with Crippen LogP contribution in [0.2, 0.25) is 0 Å². The normalized spacial score (nSPS) is 20.5. The molecule has 3 saturated heterocycles. The third-order valence-electron chi connectivity index (χ3n) is 9.13. The second kappa shape index (κ2) is 13.8. The molecule has 0 atom stereocenters. The maximum absolute atomic E-state index is 11.6. The van der Waals surface area contributed by atoms with Gasteiger partial charge in [-0.1, -0.05) is 52.3 Å². The van der Waals surface area contributed by atoms with Crippen LogP contribution >= 0.6 is 15.9 Å². The van der Waals surface area contributed by atoms with Crippen LogP contribution in [-0.2, 0) is 18.8 Å². The van der Waals surface area contributed by atoms with Crippen LogP contribution < -0.4 is 5.46 Å². The van der Waals surface area contributed by atoms with Crippen molar-refractivity contribution < 1.29 is 28.4 Å². The number of piperidine rings is 2. The first kappa shape index (κ1) is 32.4. The summed E-state index contributed by atoms with van der Waals surface area (Å²) in [4.78, 5) is 26.5. The van der Waals surface area contributed by atoms with Gasteiger partial charge in [0.2, 0.25) is 0 Å². The van der Waals surface area contributed by atoms with Crippen molar-refractivity contribution in [2.45, 2.75) is 76.4 Å². The lowest BCUT2D eigenvalue weighted by Gasteiger charge is -2.32. The first-order valence-corrected chi connectivity index (χ1v) is 15.6. The van der Waals surface area contributed by atoms with Crippen molar-refractivity contribution in [2.24, 2.45) is 0 Å². The predicted molar refractivity (Wildman–Crippen MR) is 168 cm³/mol. The highest BCUT2D eigenvalue weighted by Gasteiger charge is 2.51. The van der Waals surface area contributed by atoms with E-state index in [2.05, 4.69) is 92.2 Å². The van der Waals surface area contributed by atoms with E-state index >= 15 is 0 Å². The molecule has 0 radical (unpaired) electrons. The Kier molecular flexibility index (Phi) is 10.7. The number of likely N-dealkylation sites (tertiary alicyclic amines) is 2. The van der Waals surface area contributed by atoms with Gasteiger partial charge in [0.15, 0.2) is 0 Å². The van der Waals surface area contributed by atoms with Gasteiger partial charge in [0.05, 0.1) is 25.4 Å². The molecular weight excluding hydrogens is 599 g/mol. The second-order valence-electron chi connectivity index (χ2n) is 12.3. The average Bonchev–Trinajstić information content (AvgIpc) is 3.23. The molecule has 0 N–H and O–H groups in total. The quantitative estimate of drug-likeness (QED) is 0.365. The zero-order valence-electron chi connectivity index (χ0n) is 25.7. The van der Waals surface area contributed by atoms with E-state index in [1.54, 1.807) is 9.80 Å². The number of rotatable bonds is 3. The Morgan fingerprint density at radius 2 is 1.07 bits per heavy atom. The fourth-order valence-electron chi connectivity index (χ4n) is 5.69. The summed E-state index contributed by atoms with van der Waals surface area (Å²) < 4.78 is 22.8. The van der Waals surface area contributed by atoms with Crippen LogP contribution in [0.25, 0.3) is 0 Å². The monoisotopic (exact) mass is 642 g/mol. The molecule has 8 nitrogen and oxygen atoms in total. The molecule has 10 heteroatoms. The summed E-state index contributed by atoms with van der Waals surface area (Å²) in [7, 11) is 2.55. The van der Waals surface area contributed by atoms with Gasteiger partial charge < -0.3 is 28.6 Å². The molecule has 0 aliphatic carbocycles. The van der Waals surface area contributed by atoms with E-state index in [-0.39, 0.29) is 30.5 Å². The maximum Gasteiger partial charge on any atom is 0.494 e. The van der Waals surface area contributed by atoms with Crippen LogP contribution in [0.5, 0.6) is 0 Å². The van der Waals surface area contributed by atoms with Crippen molar-refractivity contribution in [2.75, 3.05) is 40.4 Å². The molecule has 3 aliphatic heterocycles. The minimum Gasteiger partial charge on any atom is -0.453 e. The second-order valence-corrected chi connectivity index (χ2v) is 13.2. The minimum absolute atomic E-state index is 0.209. The number of nitrogens with zero attached hydrogens (tertiary/aromatic N) is 2. The summed E-state index contributed by atoms with van der Waals surface area (Å²) in [6.07, 6.45) is 3.51. The zero-order chi connectivity index (χ0) is 30.5. The van der Waals surface area contributed by atoms with Gasteiger partial charge in [-0.2, -0.15) is 0 Å². The van der Waals surface area contributed by atoms with Crippen molar-refractivity contribution in [1.29, 1.82) is 0 Å². The van der Waals surface area contributed by atoms with Gasteiger partial charge in [-0.15, -0.1) is 0 Å². The Morgan fingerprint density at radius 1 is 0.714 bits per heavy atom. The van der Waals surface area contributed by atoms with E-state index < -0.39 is 0 Å². The number of carbonyl (C=O) groups is 2. The van der Waals surface area contributed by atoms with E-state index in [0.29, 0.717) is 11.8 Å². The highest BCUT2D eigenvalue weighted by molar-refractivity contribution is 9.10. The van der Waals surface area contributed by atoms with Crippen molar-refractivity contribution in [3.63, 3.8) is 0 Å². The molecule has 3 aliphatic rings. The lowest BCUT2D eigenvalue weighted by molar-refractivity contribution is 0.00578. The third kappa shape index (κ3) is 7.69. The highest BCUT2D eigenvalue weighted by atomic mass is 79.9. The SMILES string of the molecule is COC(=O)N1CCC(c2ccc(B3OC(C)(C)C(C)(C)O3)cc2)CC1.COC(=O)N1CCC(c2ccc(Br)cc2)CC1. The average molecular weight is 643 g/mol. The van der Waals surface area contributed by atoms with Gasteiger partial charge in [0, 0.05) is 30.7 Å². The number of hydrogen-bond donors (Lipinski definition) is 0. The van der Waals surface area contributed by atoms with Crippen molar-refractivity contribution in [3.05, 3.63) is 64.1 Å². The van der Waals surface area contributed by atoms with Crippen LogP contribution in [0.3, 0.4) is 0 Å². The molecule has 0 spiro atoms. The number of carbonyl (C=O) groups excluding carboxylic acids is 2. The molecule has 2 aromatic carbocycles. The molecule has 0 bridgehead atoms. The zero-order valence-corrected chi connectivity index (χ0v) is 27.3. The molecule has 3 fully saturated rings. The van der Waals surface area contributed by atoms with E-state index in [1.165, 1.54) is 25.3 Å². The van der Waals surface area contributed by atoms with Crippen LogP contribution in [0.15, 0.2) is 53.0 Å². The molecule has 2 amide bonds. The number of hydrogen-bond acceptors (Lipinski definition) is 6. The van der Waals surface area contributed by atoms with E-state index in [9.17, 15) is 9.59 Å². The molecule has 0 saturated carbocycles. The topological polar surface area (TPSA) is 77.5 Å². The van der Waals surface area contributed by atoms with Gasteiger partial charge >= 0.3 is 19.3 Å². The van der Waals surface area contributed by atoms with E-state index in [4.69, 9.17) is 18.8 Å². The van der Waals surface area contributed by atoms with E-state index in [1.807, 2.05) is 0 Å². The first-order chi connectivity index (χ1) is 19.9. The summed E-state index contributed by atoms with van der Waals surface area (Å²) in [5.41, 5.74) is 3.07. The fraction of sp³-hybridized carbons (Fsp3) is 0.562. The standard InChI is InChI=1S/C19H28BNO4.C13H16BrNO2/c1-18(2)19(3,4)25-20(24-18)16-8-6-14(7-9-16)15-10-12-21(13-11-15)17(22)23-5;1-17-13(16)15-8-6-11(7-9-15)10-2-4-12(14)5-3-10/h6-9,15H,10-13H2,1-5H3;2-5,11H,6-9H2,1H3. The van der Waals surface area contributed by atoms with Crippen molar-refractivity contribution in [3.8, 4) is 0 Å². The maximum atomic E-state index is 11.6. The first-order valence-electron chi connectivity index (χ1n) is 14.8. The van der Waals surface area contributed by atoms with Crippen LogP contribution in [0.4, 0.5) is 9.59 Å². The predicted octanol–water partition coefficient (Wildman–Crippen LogP) is 6.33. The molecule has 3 heterocycles. The molecule has 0 unspecified atom stereocenters. The summed E-state index contributed by atoms with van der Waals surface area (Å²) in [5.74, 6) is 1.04. The summed E-state index contributed by atoms with van der Waals surface area (Å²) >= 11 is 3.44. The van der Waals surface area contributed by atoms with Gasteiger partial charge in [-0.25, -0.2) is 9.59 Å². The number of benzene rings is 2. The largest absolute Gasteiger partial charge is 0.494 e. The molecule has 228 valence electrons. The Bertz CT molecular complexity index is 1170. The van der Waals surface area contributed by atoms with Crippen LogP contribution in [-0.4, -0.2) is 80.7 Å². The summed E-state index contributed by atoms with van der Waals surface area (Å²) in [6, 6.07) is 17.0. The number of halogens is 1. The van der Waals surface area contributed by atoms with Gasteiger partial charge in [0.25, 0.3) is 0 Å². The van der Waals surface area contributed by atoms with Gasteiger partial charge in [-0.3, -0.25) is 0 Å². The van der Waals surface area contributed by atoms with Crippen molar-refractivity contribution in [1.82, 2.24) is 9.80 Å². The number of methoxy groups -OCH3 is 2. The summed E-state index contributed by atoms with van der Waals surface area (Å²) in [6.45, 7) is 11.3. The molecule has 0 aromatic heterocycles.